The SMILES string of the molecule is CCc1cc(Cl)cc(CC(=O)O)c1. The van der Waals surface area contributed by atoms with E-state index in [9.17, 15) is 4.79 Å². The van der Waals surface area contributed by atoms with Crippen molar-refractivity contribution in [3.63, 3.8) is 0 Å². The normalized spacial score (nSPS) is 10.0. The topological polar surface area (TPSA) is 37.3 Å². The second kappa shape index (κ2) is 4.28. The number of hydrogen-bond donors (Lipinski definition) is 1. The predicted octanol–water partition coefficient (Wildman–Crippen LogP) is 2.53. The maximum atomic E-state index is 10.4. The van der Waals surface area contributed by atoms with Crippen molar-refractivity contribution in [2.45, 2.75) is 19.8 Å². The summed E-state index contributed by atoms with van der Waals surface area (Å²) in [5.41, 5.74) is 1.83. The van der Waals surface area contributed by atoms with Gasteiger partial charge in [0.25, 0.3) is 0 Å². The summed E-state index contributed by atoms with van der Waals surface area (Å²) in [6.45, 7) is 2.01. The van der Waals surface area contributed by atoms with Gasteiger partial charge < -0.3 is 5.11 Å². The van der Waals surface area contributed by atoms with Crippen molar-refractivity contribution in [1.29, 1.82) is 0 Å². The molecule has 3 heteroatoms. The minimum absolute atomic E-state index is 0.0353. The van der Waals surface area contributed by atoms with Gasteiger partial charge in [0.1, 0.15) is 0 Å². The number of carboxylic acid groups (broad SMARTS) is 1. The number of benzene rings is 1. The third-order valence-corrected chi connectivity index (χ3v) is 2.00. The lowest BCUT2D eigenvalue weighted by Crippen LogP contribution is -2.00. The Bertz CT molecular complexity index is 321. The van der Waals surface area contributed by atoms with Gasteiger partial charge in [0.15, 0.2) is 0 Å². The molecule has 1 rings (SSSR count). The summed E-state index contributed by atoms with van der Waals surface area (Å²) in [4.78, 5) is 10.4. The average molecular weight is 199 g/mol. The average Bonchev–Trinajstić information content (AvgIpc) is 2.01. The van der Waals surface area contributed by atoms with Crippen LogP contribution in [-0.4, -0.2) is 11.1 Å². The lowest BCUT2D eigenvalue weighted by Gasteiger charge is -2.02. The third kappa shape index (κ3) is 3.07. The summed E-state index contributed by atoms with van der Waals surface area (Å²) in [6, 6.07) is 5.42. The number of rotatable bonds is 3. The lowest BCUT2D eigenvalue weighted by atomic mass is 10.1. The van der Waals surface area contributed by atoms with Crippen molar-refractivity contribution in [2.24, 2.45) is 0 Å². The summed E-state index contributed by atoms with van der Waals surface area (Å²) in [5, 5.41) is 9.19. The summed E-state index contributed by atoms with van der Waals surface area (Å²) < 4.78 is 0. The van der Waals surface area contributed by atoms with Gasteiger partial charge in [-0.1, -0.05) is 24.6 Å². The molecule has 0 fully saturated rings. The molecule has 0 radical (unpaired) electrons. The van der Waals surface area contributed by atoms with Crippen LogP contribution in [0, 0.1) is 0 Å². The van der Waals surface area contributed by atoms with Crippen molar-refractivity contribution < 1.29 is 9.90 Å². The van der Waals surface area contributed by atoms with Crippen LogP contribution < -0.4 is 0 Å². The van der Waals surface area contributed by atoms with E-state index in [2.05, 4.69) is 0 Å². The molecular formula is C10H11ClO2. The summed E-state index contributed by atoms with van der Waals surface area (Å²) in [6.07, 6.45) is 0.904. The van der Waals surface area contributed by atoms with Gasteiger partial charge in [0.05, 0.1) is 6.42 Å². The lowest BCUT2D eigenvalue weighted by molar-refractivity contribution is -0.136. The molecule has 1 N–H and O–H groups in total. The zero-order valence-electron chi connectivity index (χ0n) is 7.38. The number of carboxylic acids is 1. The van der Waals surface area contributed by atoms with Crippen LogP contribution in [0.5, 0.6) is 0 Å². The molecule has 0 aromatic heterocycles. The molecule has 0 saturated heterocycles. The summed E-state index contributed by atoms with van der Waals surface area (Å²) in [7, 11) is 0. The van der Waals surface area contributed by atoms with Crippen LogP contribution in [0.3, 0.4) is 0 Å². The molecule has 0 amide bonds. The molecule has 0 aliphatic rings. The van der Waals surface area contributed by atoms with E-state index in [-0.39, 0.29) is 6.42 Å². The van der Waals surface area contributed by atoms with Gasteiger partial charge in [-0.15, -0.1) is 0 Å². The molecular weight excluding hydrogens is 188 g/mol. The monoisotopic (exact) mass is 198 g/mol. The molecule has 0 heterocycles. The Labute approximate surface area is 82.2 Å². The maximum Gasteiger partial charge on any atom is 0.307 e. The van der Waals surface area contributed by atoms with Gasteiger partial charge in [0, 0.05) is 5.02 Å². The Morgan fingerprint density at radius 2 is 2.00 bits per heavy atom. The van der Waals surface area contributed by atoms with Crippen LogP contribution in [0.15, 0.2) is 18.2 Å². The number of hydrogen-bond acceptors (Lipinski definition) is 1. The first-order valence-electron chi connectivity index (χ1n) is 4.12. The highest BCUT2D eigenvalue weighted by Crippen LogP contribution is 2.16. The zero-order chi connectivity index (χ0) is 9.84. The highest BCUT2D eigenvalue weighted by molar-refractivity contribution is 6.30. The Morgan fingerprint density at radius 3 is 2.54 bits per heavy atom. The molecule has 0 atom stereocenters. The van der Waals surface area contributed by atoms with Crippen molar-refractivity contribution in [3.05, 3.63) is 34.3 Å². The largest absolute Gasteiger partial charge is 0.481 e. The van der Waals surface area contributed by atoms with E-state index in [1.165, 1.54) is 0 Å². The third-order valence-electron chi connectivity index (χ3n) is 1.78. The first-order chi connectivity index (χ1) is 6.11. The quantitative estimate of drug-likeness (QED) is 0.811. The minimum Gasteiger partial charge on any atom is -0.481 e. The van der Waals surface area contributed by atoms with Crippen molar-refractivity contribution in [2.75, 3.05) is 0 Å². The van der Waals surface area contributed by atoms with Gasteiger partial charge in [-0.3, -0.25) is 4.79 Å². The fourth-order valence-electron chi connectivity index (χ4n) is 1.20. The Balaban J connectivity index is 2.94. The van der Waals surface area contributed by atoms with Gasteiger partial charge in [-0.2, -0.15) is 0 Å². The maximum absolute atomic E-state index is 10.4. The molecule has 0 bridgehead atoms. The summed E-state index contributed by atoms with van der Waals surface area (Å²) >= 11 is 5.82. The first-order valence-corrected chi connectivity index (χ1v) is 4.49. The van der Waals surface area contributed by atoms with E-state index in [4.69, 9.17) is 16.7 Å². The van der Waals surface area contributed by atoms with Crippen LogP contribution in [0.1, 0.15) is 18.1 Å². The molecule has 1 aromatic rings. The smallest absolute Gasteiger partial charge is 0.307 e. The Morgan fingerprint density at radius 1 is 1.38 bits per heavy atom. The van der Waals surface area contributed by atoms with E-state index < -0.39 is 5.97 Å². The Kier molecular flexibility index (Phi) is 3.32. The zero-order valence-corrected chi connectivity index (χ0v) is 8.14. The van der Waals surface area contributed by atoms with Crippen LogP contribution in [-0.2, 0) is 17.6 Å². The first kappa shape index (κ1) is 10.1. The van der Waals surface area contributed by atoms with E-state index in [0.29, 0.717) is 5.02 Å². The van der Waals surface area contributed by atoms with Crippen LogP contribution in [0.4, 0.5) is 0 Å². The van der Waals surface area contributed by atoms with Gasteiger partial charge in [-0.25, -0.2) is 0 Å². The number of aliphatic carboxylic acids is 1. The predicted molar refractivity (Wildman–Crippen MR) is 52.2 cm³/mol. The van der Waals surface area contributed by atoms with E-state index in [1.54, 1.807) is 6.07 Å². The molecule has 2 nitrogen and oxygen atoms in total. The van der Waals surface area contributed by atoms with Gasteiger partial charge in [0.2, 0.25) is 0 Å². The highest BCUT2D eigenvalue weighted by Gasteiger charge is 2.02. The molecule has 13 heavy (non-hydrogen) atoms. The second-order valence-electron chi connectivity index (χ2n) is 2.89. The molecule has 0 aliphatic carbocycles. The fourth-order valence-corrected chi connectivity index (χ4v) is 1.48. The molecule has 0 spiro atoms. The van der Waals surface area contributed by atoms with Crippen LogP contribution >= 0.6 is 11.6 Å². The number of carbonyl (C=O) groups is 1. The number of halogens is 1. The summed E-state index contributed by atoms with van der Waals surface area (Å²) in [5.74, 6) is -0.829. The minimum atomic E-state index is -0.829. The Hall–Kier alpha value is -1.02. The van der Waals surface area contributed by atoms with Crippen molar-refractivity contribution >= 4 is 17.6 Å². The molecule has 0 aliphatic heterocycles. The van der Waals surface area contributed by atoms with E-state index in [1.807, 2.05) is 19.1 Å². The standard InChI is InChI=1S/C10H11ClO2/c1-2-7-3-8(6-10(12)13)5-9(11)4-7/h3-5H,2,6H2,1H3,(H,12,13). The molecule has 0 unspecified atom stereocenters. The van der Waals surface area contributed by atoms with Crippen LogP contribution in [0.2, 0.25) is 5.02 Å². The van der Waals surface area contributed by atoms with Gasteiger partial charge >= 0.3 is 5.97 Å². The molecule has 70 valence electrons. The highest BCUT2D eigenvalue weighted by atomic mass is 35.5. The molecule has 1 aromatic carbocycles. The number of aryl methyl sites for hydroxylation is 1. The van der Waals surface area contributed by atoms with Crippen molar-refractivity contribution in [1.82, 2.24) is 0 Å². The molecule has 0 saturated carbocycles. The fraction of sp³-hybridized carbons (Fsp3) is 0.300. The van der Waals surface area contributed by atoms with E-state index in [0.717, 1.165) is 17.5 Å². The van der Waals surface area contributed by atoms with Crippen LogP contribution in [0.25, 0.3) is 0 Å². The second-order valence-corrected chi connectivity index (χ2v) is 3.33. The van der Waals surface area contributed by atoms with Crippen molar-refractivity contribution in [3.8, 4) is 0 Å². The van der Waals surface area contributed by atoms with Gasteiger partial charge in [-0.05, 0) is 29.7 Å². The van der Waals surface area contributed by atoms with E-state index >= 15 is 0 Å².